The highest BCUT2D eigenvalue weighted by Crippen LogP contribution is 2.34. The molecule has 0 amide bonds. The van der Waals surface area contributed by atoms with Crippen LogP contribution in [0.25, 0.3) is 16.9 Å². The van der Waals surface area contributed by atoms with E-state index in [1.165, 1.54) is 10.6 Å². The molecule has 0 aliphatic heterocycles. The molecule has 2 N–H and O–H groups in total. The van der Waals surface area contributed by atoms with E-state index < -0.39 is 17.7 Å². The van der Waals surface area contributed by atoms with Gasteiger partial charge in [-0.15, -0.1) is 0 Å². The second-order valence-electron chi connectivity index (χ2n) is 6.14. The molecule has 0 spiro atoms. The molecule has 0 fully saturated rings. The monoisotopic (exact) mass is 381 g/mol. The third-order valence-corrected chi connectivity index (χ3v) is 4.30. The average Bonchev–Trinajstić information content (AvgIpc) is 3.10. The van der Waals surface area contributed by atoms with Crippen molar-refractivity contribution in [2.75, 3.05) is 11.9 Å². The van der Waals surface area contributed by atoms with Crippen LogP contribution >= 0.6 is 0 Å². The minimum Gasteiger partial charge on any atom is -0.481 e. The van der Waals surface area contributed by atoms with Crippen LogP contribution in [-0.2, 0) is 18.0 Å². The lowest BCUT2D eigenvalue weighted by Gasteiger charge is -2.09. The van der Waals surface area contributed by atoms with Gasteiger partial charge in [-0.25, -0.2) is 4.98 Å². The van der Waals surface area contributed by atoms with Crippen molar-refractivity contribution in [2.24, 2.45) is 7.05 Å². The molecule has 0 bridgehead atoms. The van der Waals surface area contributed by atoms with Crippen molar-refractivity contribution < 1.29 is 23.1 Å². The Hall–Kier alpha value is -3.04. The first-order chi connectivity index (χ1) is 12.7. The molecular formula is C17H18F3N5O2. The number of nitrogens with one attached hydrogen (secondary N) is 1. The van der Waals surface area contributed by atoms with E-state index in [-0.39, 0.29) is 12.1 Å². The topological polar surface area (TPSA) is 84.4 Å². The van der Waals surface area contributed by atoms with E-state index in [1.807, 2.05) is 6.92 Å². The van der Waals surface area contributed by atoms with Gasteiger partial charge in [0.05, 0.1) is 11.8 Å². The number of aryl methyl sites for hydroxylation is 1. The van der Waals surface area contributed by atoms with Gasteiger partial charge >= 0.3 is 12.1 Å². The molecule has 3 aromatic rings. The van der Waals surface area contributed by atoms with Gasteiger partial charge in [-0.2, -0.15) is 18.3 Å². The molecule has 0 saturated carbocycles. The van der Waals surface area contributed by atoms with Crippen LogP contribution in [0.3, 0.4) is 0 Å². The first-order valence-corrected chi connectivity index (χ1v) is 8.22. The van der Waals surface area contributed by atoms with Crippen molar-refractivity contribution in [2.45, 2.75) is 25.9 Å². The van der Waals surface area contributed by atoms with Crippen LogP contribution in [0.2, 0.25) is 0 Å². The van der Waals surface area contributed by atoms with Crippen LogP contribution in [0.5, 0.6) is 0 Å². The molecule has 0 aromatic carbocycles. The number of hydrogen-bond donors (Lipinski definition) is 2. The zero-order valence-corrected chi connectivity index (χ0v) is 14.7. The second kappa shape index (κ2) is 6.93. The smallest absolute Gasteiger partial charge is 0.416 e. The molecule has 0 saturated heterocycles. The molecule has 10 heteroatoms. The number of pyridine rings is 1. The Morgan fingerprint density at radius 3 is 2.70 bits per heavy atom. The van der Waals surface area contributed by atoms with E-state index in [1.54, 1.807) is 17.9 Å². The van der Waals surface area contributed by atoms with Gasteiger partial charge in [0, 0.05) is 37.5 Å². The maximum Gasteiger partial charge on any atom is 0.416 e. The summed E-state index contributed by atoms with van der Waals surface area (Å²) in [6, 6.07) is 1.97. The Morgan fingerprint density at radius 2 is 2.11 bits per heavy atom. The van der Waals surface area contributed by atoms with Crippen molar-refractivity contribution in [1.82, 2.24) is 19.2 Å². The fourth-order valence-corrected chi connectivity index (χ4v) is 2.76. The number of alkyl halides is 3. The first-order valence-electron chi connectivity index (χ1n) is 8.22. The van der Waals surface area contributed by atoms with Gasteiger partial charge in [0.15, 0.2) is 0 Å². The van der Waals surface area contributed by atoms with Crippen LogP contribution in [0, 0.1) is 6.92 Å². The third-order valence-electron chi connectivity index (χ3n) is 4.30. The van der Waals surface area contributed by atoms with E-state index >= 15 is 0 Å². The third kappa shape index (κ3) is 3.74. The van der Waals surface area contributed by atoms with Crippen molar-refractivity contribution >= 4 is 17.4 Å². The molecule has 0 atom stereocenters. The zero-order valence-electron chi connectivity index (χ0n) is 14.7. The molecular weight excluding hydrogens is 363 g/mol. The van der Waals surface area contributed by atoms with Crippen molar-refractivity contribution in [3.63, 3.8) is 0 Å². The maximum absolute atomic E-state index is 13.0. The fourth-order valence-electron chi connectivity index (χ4n) is 2.76. The summed E-state index contributed by atoms with van der Waals surface area (Å²) in [4.78, 5) is 15.1. The molecule has 0 aliphatic carbocycles. The Kier molecular flexibility index (Phi) is 4.81. The van der Waals surface area contributed by atoms with E-state index in [0.717, 1.165) is 17.8 Å². The van der Waals surface area contributed by atoms with E-state index in [0.29, 0.717) is 30.0 Å². The van der Waals surface area contributed by atoms with Gasteiger partial charge in [0.1, 0.15) is 17.2 Å². The Balaban J connectivity index is 2.06. The standard InChI is InChI=1S/C17H18F3N5O2/c1-10-12(9-22-24(10)2)15-16(21-6-3-4-14(26)27)25-7-5-11(17(18,19)20)8-13(25)23-15/h5,7-9,21H,3-4,6H2,1-2H3,(H,26,27). The van der Waals surface area contributed by atoms with Gasteiger partial charge < -0.3 is 10.4 Å². The lowest BCUT2D eigenvalue weighted by molar-refractivity contribution is -0.138. The van der Waals surface area contributed by atoms with E-state index in [2.05, 4.69) is 15.4 Å². The Labute approximate surface area is 152 Å². The first kappa shape index (κ1) is 18.7. The van der Waals surface area contributed by atoms with Crippen molar-refractivity contribution in [3.05, 3.63) is 35.8 Å². The lowest BCUT2D eigenvalue weighted by Crippen LogP contribution is -2.08. The number of aliphatic carboxylic acids is 1. The quantitative estimate of drug-likeness (QED) is 0.640. The molecule has 3 rings (SSSR count). The normalized spacial score (nSPS) is 11.9. The number of imidazole rings is 1. The molecule has 7 nitrogen and oxygen atoms in total. The van der Waals surface area contributed by atoms with Crippen molar-refractivity contribution in [3.8, 4) is 11.3 Å². The number of carbonyl (C=O) groups is 1. The highest BCUT2D eigenvalue weighted by molar-refractivity contribution is 5.77. The number of fused-ring (bicyclic) bond motifs is 1. The summed E-state index contributed by atoms with van der Waals surface area (Å²) in [5, 5.41) is 16.0. The summed E-state index contributed by atoms with van der Waals surface area (Å²) >= 11 is 0. The number of halogens is 3. The van der Waals surface area contributed by atoms with Crippen LogP contribution in [0.1, 0.15) is 24.1 Å². The molecule has 144 valence electrons. The van der Waals surface area contributed by atoms with Crippen LogP contribution in [-0.4, -0.2) is 36.8 Å². The summed E-state index contributed by atoms with van der Waals surface area (Å²) in [6.45, 7) is 2.18. The molecule has 3 aromatic heterocycles. The maximum atomic E-state index is 13.0. The summed E-state index contributed by atoms with van der Waals surface area (Å²) in [5.74, 6) is -0.409. The largest absolute Gasteiger partial charge is 0.481 e. The van der Waals surface area contributed by atoms with Gasteiger partial charge in [-0.1, -0.05) is 0 Å². The highest BCUT2D eigenvalue weighted by atomic mass is 19.4. The summed E-state index contributed by atoms with van der Waals surface area (Å²) in [6.07, 6.45) is -1.20. The summed E-state index contributed by atoms with van der Waals surface area (Å²) < 4.78 is 42.2. The zero-order chi connectivity index (χ0) is 19.8. The predicted molar refractivity (Wildman–Crippen MR) is 92.5 cm³/mol. The second-order valence-corrected chi connectivity index (χ2v) is 6.14. The summed E-state index contributed by atoms with van der Waals surface area (Å²) in [5.41, 5.74) is 1.32. The van der Waals surface area contributed by atoms with E-state index in [4.69, 9.17) is 5.11 Å². The summed E-state index contributed by atoms with van der Waals surface area (Å²) in [7, 11) is 1.76. The number of nitrogens with zero attached hydrogens (tertiary/aromatic N) is 4. The average molecular weight is 381 g/mol. The minimum absolute atomic E-state index is 0.0107. The van der Waals surface area contributed by atoms with Gasteiger partial charge in [0.2, 0.25) is 0 Å². The van der Waals surface area contributed by atoms with Crippen LogP contribution in [0.4, 0.5) is 19.0 Å². The van der Waals surface area contributed by atoms with Crippen LogP contribution < -0.4 is 5.32 Å². The molecule has 0 unspecified atom stereocenters. The number of aromatic nitrogens is 4. The molecule has 27 heavy (non-hydrogen) atoms. The molecule has 0 radical (unpaired) electrons. The van der Waals surface area contributed by atoms with Gasteiger partial charge in [-0.05, 0) is 25.5 Å². The number of carboxylic acids is 1. The number of hydrogen-bond acceptors (Lipinski definition) is 4. The lowest BCUT2D eigenvalue weighted by atomic mass is 10.2. The molecule has 3 heterocycles. The molecule has 0 aliphatic rings. The predicted octanol–water partition coefficient (Wildman–Crippen LogP) is 3.34. The van der Waals surface area contributed by atoms with Gasteiger partial charge in [-0.3, -0.25) is 13.9 Å². The Bertz CT molecular complexity index is 991. The Morgan fingerprint density at radius 1 is 1.37 bits per heavy atom. The highest BCUT2D eigenvalue weighted by Gasteiger charge is 2.31. The van der Waals surface area contributed by atoms with Crippen molar-refractivity contribution in [1.29, 1.82) is 0 Å². The minimum atomic E-state index is -4.47. The van der Waals surface area contributed by atoms with Crippen LogP contribution in [0.15, 0.2) is 24.5 Å². The number of carboxylic acid groups (broad SMARTS) is 1. The number of anilines is 1. The SMILES string of the molecule is Cc1c(-c2nc3cc(C(F)(F)F)ccn3c2NCCCC(=O)O)cnn1C. The number of rotatable bonds is 6. The van der Waals surface area contributed by atoms with Gasteiger partial charge in [0.25, 0.3) is 0 Å². The fraction of sp³-hybridized carbons (Fsp3) is 0.353. The van der Waals surface area contributed by atoms with E-state index in [9.17, 15) is 18.0 Å².